The second kappa shape index (κ2) is 26.3. The van der Waals surface area contributed by atoms with Crippen molar-refractivity contribution in [2.75, 3.05) is 95.2 Å². The molecular formula is C72H75N9O13. The summed E-state index contributed by atoms with van der Waals surface area (Å²) < 4.78 is 19.0. The highest BCUT2D eigenvalue weighted by Crippen LogP contribution is 2.57. The van der Waals surface area contributed by atoms with Crippen molar-refractivity contribution in [3.63, 3.8) is 0 Å². The van der Waals surface area contributed by atoms with Gasteiger partial charge in [-0.25, -0.2) is 9.59 Å². The average Bonchev–Trinajstić information content (AvgIpc) is 1.46. The number of aromatic hydroxyl groups is 1. The highest BCUT2D eigenvalue weighted by molar-refractivity contribution is 6.06. The van der Waals surface area contributed by atoms with Crippen LogP contribution in [-0.4, -0.2) is 155 Å². The molecule has 486 valence electrons. The summed E-state index contributed by atoms with van der Waals surface area (Å²) in [5.74, 6) is -3.65. The molecule has 22 heteroatoms. The second-order valence-electron chi connectivity index (χ2n) is 24.9. The normalized spacial score (nSPS) is 16.8. The number of benzene rings is 6. The SMILES string of the molecule is CCN1CCN(c2ccc(C(=O)NC3(C(=O)N[C@@H](CCNC(=O)c4ccc5c(c4)C(=O)OC54c5ccc(N(C)C)cc5Oc5cc(N(C)C)ccc54)C(=O)NCCNC(=O)c4ccc(C5=C6CCC(=O)C=C6Oc6cc(O)ccc65)c(C(=O)O)c4)CCCCC3)cc2)CC1. The van der Waals surface area contributed by atoms with Crippen LogP contribution < -0.4 is 50.8 Å². The summed E-state index contributed by atoms with van der Waals surface area (Å²) in [5.41, 5.74) is 4.01. The number of piperazine rings is 1. The molecule has 0 radical (unpaired) electrons. The Morgan fingerprint density at radius 2 is 1.23 bits per heavy atom. The van der Waals surface area contributed by atoms with Crippen LogP contribution >= 0.6 is 0 Å². The molecule has 6 aliphatic rings. The second-order valence-corrected chi connectivity index (χ2v) is 24.9. The summed E-state index contributed by atoms with van der Waals surface area (Å²) in [6.45, 7) is 6.29. The molecule has 0 aromatic heterocycles. The molecule has 7 N–H and O–H groups in total. The van der Waals surface area contributed by atoms with Gasteiger partial charge >= 0.3 is 11.9 Å². The number of fused-ring (bicyclic) bond motifs is 8. The van der Waals surface area contributed by atoms with E-state index in [1.54, 1.807) is 30.3 Å². The maximum absolute atomic E-state index is 14.9. The van der Waals surface area contributed by atoms with Crippen molar-refractivity contribution < 1.29 is 62.8 Å². The first kappa shape index (κ1) is 63.7. The van der Waals surface area contributed by atoms with E-state index < -0.39 is 58.7 Å². The number of amides is 5. The fourth-order valence-electron chi connectivity index (χ4n) is 13.5. The van der Waals surface area contributed by atoms with Crippen LogP contribution in [0, 0.1) is 0 Å². The largest absolute Gasteiger partial charge is 0.508 e. The lowest BCUT2D eigenvalue weighted by Crippen LogP contribution is -2.63. The molecule has 4 heterocycles. The zero-order chi connectivity index (χ0) is 66.2. The number of carbonyl (C=O) groups excluding carboxylic acids is 7. The first-order valence-electron chi connectivity index (χ1n) is 31.9. The summed E-state index contributed by atoms with van der Waals surface area (Å²) in [7, 11) is 7.67. The number of likely N-dealkylation sites (N-methyl/N-ethyl adjacent to an activating group) is 1. The number of esters is 1. The van der Waals surface area contributed by atoms with Crippen molar-refractivity contribution in [2.45, 2.75) is 75.5 Å². The molecule has 6 aromatic carbocycles. The van der Waals surface area contributed by atoms with E-state index in [9.17, 15) is 48.6 Å². The van der Waals surface area contributed by atoms with Crippen molar-refractivity contribution in [1.82, 2.24) is 31.5 Å². The standard InChI is InChI=1S/C72H75N9O13/c1-6-80-32-34-81(35-33-80)45-14-10-42(11-15-45)66(86)77-71(27-8-7-9-28-71)70(91)76-58(67(87)75-31-30-74-65(85)43-12-20-50(53(36-43)68(88)89)63-51-21-18-48(82)40-59(51)92-60-41-49(83)19-22-52(60)63)26-29-73-64(84)44-13-23-55-54(37-44)69(90)94-72(55)56-24-16-46(78(2)3)38-61(56)93-62-39-47(79(4)5)17-25-57(62)72/h10-18,20-21,23-25,36-41,58,82H,6-9,19,22,26-35H2,1-5H3,(H,73,84)(H,74,85)(H,75,87)(H,76,91)(H,77,86)(H,88,89)/t58-/m0/s1. The average molecular weight is 1270 g/mol. The number of rotatable bonds is 19. The Hall–Kier alpha value is -10.5. The molecule has 6 aromatic rings. The Morgan fingerprint density at radius 3 is 1.89 bits per heavy atom. The number of nitrogens with zero attached hydrogens (tertiary/aromatic N) is 4. The minimum atomic E-state index is -1.41. The van der Waals surface area contributed by atoms with Gasteiger partial charge < -0.3 is 70.6 Å². The fourth-order valence-corrected chi connectivity index (χ4v) is 13.5. The van der Waals surface area contributed by atoms with E-state index in [0.717, 1.165) is 56.2 Å². The van der Waals surface area contributed by atoms with Crippen molar-refractivity contribution in [3.8, 4) is 23.0 Å². The van der Waals surface area contributed by atoms with Crippen molar-refractivity contribution in [2.24, 2.45) is 0 Å². The summed E-state index contributed by atoms with van der Waals surface area (Å²) in [6.07, 6.45) is 4.36. The Kier molecular flexibility index (Phi) is 17.8. The molecule has 4 aliphatic heterocycles. The molecule has 2 fully saturated rings. The molecule has 12 rings (SSSR count). The van der Waals surface area contributed by atoms with Gasteiger partial charge in [0.2, 0.25) is 11.8 Å². The number of hydrogen-bond acceptors (Lipinski definition) is 16. The zero-order valence-corrected chi connectivity index (χ0v) is 53.1. The Morgan fingerprint density at radius 1 is 0.617 bits per heavy atom. The highest BCUT2D eigenvalue weighted by atomic mass is 16.6. The van der Waals surface area contributed by atoms with Gasteiger partial charge in [-0.3, -0.25) is 28.8 Å². The topological polar surface area (TPSA) is 278 Å². The van der Waals surface area contributed by atoms with Gasteiger partial charge in [0.05, 0.1) is 11.1 Å². The van der Waals surface area contributed by atoms with Gasteiger partial charge in [0, 0.05) is 172 Å². The van der Waals surface area contributed by atoms with Crippen LogP contribution in [0.25, 0.3) is 5.57 Å². The van der Waals surface area contributed by atoms with Crippen molar-refractivity contribution in [1.29, 1.82) is 0 Å². The molecule has 1 atom stereocenters. The Balaban J connectivity index is 0.763. The third-order valence-electron chi connectivity index (χ3n) is 18.7. The molecular weight excluding hydrogens is 1200 g/mol. The van der Waals surface area contributed by atoms with Gasteiger partial charge in [-0.1, -0.05) is 38.3 Å². The van der Waals surface area contributed by atoms with Crippen LogP contribution in [0.5, 0.6) is 23.0 Å². The summed E-state index contributed by atoms with van der Waals surface area (Å²) in [5, 5.41) is 35.3. The van der Waals surface area contributed by atoms with E-state index >= 15 is 0 Å². The van der Waals surface area contributed by atoms with Crippen LogP contribution in [0.2, 0.25) is 0 Å². The number of phenols is 1. The summed E-state index contributed by atoms with van der Waals surface area (Å²) in [6, 6.07) is 30.9. The maximum Gasteiger partial charge on any atom is 0.340 e. The van der Waals surface area contributed by atoms with Gasteiger partial charge in [0.15, 0.2) is 11.4 Å². The molecule has 1 spiro atoms. The smallest absolute Gasteiger partial charge is 0.340 e. The number of nitrogens with one attached hydrogen (secondary N) is 5. The van der Waals surface area contributed by atoms with Crippen LogP contribution in [0.15, 0.2) is 133 Å². The van der Waals surface area contributed by atoms with Gasteiger partial charge in [-0.2, -0.15) is 0 Å². The Bertz CT molecular complexity index is 4080. The minimum absolute atomic E-state index is 0.00390. The van der Waals surface area contributed by atoms with E-state index in [1.165, 1.54) is 42.5 Å². The quantitative estimate of drug-likeness (QED) is 0.0303. The first-order valence-corrected chi connectivity index (χ1v) is 31.9. The van der Waals surface area contributed by atoms with E-state index in [4.69, 9.17) is 14.2 Å². The van der Waals surface area contributed by atoms with E-state index in [2.05, 4.69) is 43.3 Å². The maximum atomic E-state index is 14.9. The lowest BCUT2D eigenvalue weighted by Gasteiger charge is -2.38. The zero-order valence-electron chi connectivity index (χ0n) is 53.1. The molecule has 1 saturated carbocycles. The van der Waals surface area contributed by atoms with Gasteiger partial charge in [-0.05, 0) is 123 Å². The number of ketones is 1. The summed E-state index contributed by atoms with van der Waals surface area (Å²) >= 11 is 0. The minimum Gasteiger partial charge on any atom is -0.508 e. The number of aromatic carboxylic acids is 1. The molecule has 22 nitrogen and oxygen atoms in total. The predicted molar refractivity (Wildman–Crippen MR) is 352 cm³/mol. The lowest BCUT2D eigenvalue weighted by molar-refractivity contribution is -0.133. The summed E-state index contributed by atoms with van der Waals surface area (Å²) in [4.78, 5) is 120. The van der Waals surface area contributed by atoms with E-state index in [-0.39, 0.29) is 89.8 Å². The number of carbonyl (C=O) groups is 8. The van der Waals surface area contributed by atoms with Crippen LogP contribution in [0.4, 0.5) is 17.1 Å². The molecule has 1 saturated heterocycles. The fraction of sp³-hybridized carbons (Fsp3) is 0.333. The third-order valence-corrected chi connectivity index (χ3v) is 18.7. The molecule has 0 bridgehead atoms. The number of ether oxygens (including phenoxy) is 3. The van der Waals surface area contributed by atoms with E-state index in [0.29, 0.717) is 76.1 Å². The van der Waals surface area contributed by atoms with E-state index in [1.807, 2.05) is 86.5 Å². The third kappa shape index (κ3) is 12.4. The van der Waals surface area contributed by atoms with Crippen LogP contribution in [0.3, 0.4) is 0 Å². The van der Waals surface area contributed by atoms with Gasteiger partial charge in [-0.15, -0.1) is 0 Å². The van der Waals surface area contributed by atoms with Gasteiger partial charge in [0.25, 0.3) is 17.7 Å². The van der Waals surface area contributed by atoms with Crippen molar-refractivity contribution in [3.05, 3.63) is 188 Å². The number of carboxylic acids is 1. The first-order chi connectivity index (χ1) is 45.2. The predicted octanol–water partition coefficient (Wildman–Crippen LogP) is 7.66. The molecule has 5 amide bonds. The molecule has 2 aliphatic carbocycles. The number of anilines is 3. The number of hydrogen-bond donors (Lipinski definition) is 7. The molecule has 0 unspecified atom stereocenters. The van der Waals surface area contributed by atoms with Gasteiger partial charge in [0.1, 0.15) is 40.3 Å². The van der Waals surface area contributed by atoms with Crippen LogP contribution in [0.1, 0.15) is 138 Å². The number of phenolic OH excluding ortho intramolecular Hbond substituents is 1. The van der Waals surface area contributed by atoms with Crippen LogP contribution in [-0.2, 0) is 24.7 Å². The molecule has 94 heavy (non-hydrogen) atoms. The highest BCUT2D eigenvalue weighted by Gasteiger charge is 2.54. The monoisotopic (exact) mass is 1270 g/mol. The van der Waals surface area contributed by atoms with Crippen molar-refractivity contribution >= 4 is 69.9 Å². The Labute approximate surface area is 543 Å². The number of allylic oxidation sites excluding steroid dienone is 2. The number of carboxylic acid groups (broad SMARTS) is 1. The lowest BCUT2D eigenvalue weighted by atomic mass is 9.77.